The van der Waals surface area contributed by atoms with Crippen molar-refractivity contribution in [1.82, 2.24) is 10.3 Å². The second-order valence-electron chi connectivity index (χ2n) is 4.49. The summed E-state index contributed by atoms with van der Waals surface area (Å²) in [6.07, 6.45) is 5.06. The van der Waals surface area contributed by atoms with Gasteiger partial charge in [0.2, 0.25) is 0 Å². The number of halogens is 1. The van der Waals surface area contributed by atoms with Crippen LogP contribution in [0, 0.1) is 5.92 Å². The molecule has 0 spiro atoms. The molecule has 0 unspecified atom stereocenters. The number of unbranched alkanes of at least 4 members (excludes halogenated alkanes) is 1. The maximum absolute atomic E-state index is 11.8. The highest BCUT2D eigenvalue weighted by atomic mass is 79.9. The predicted molar refractivity (Wildman–Crippen MR) is 73.0 cm³/mol. The maximum atomic E-state index is 11.8. The molecule has 1 heterocycles. The highest BCUT2D eigenvalue weighted by Gasteiger charge is 2.08. The Morgan fingerprint density at radius 3 is 2.88 bits per heavy atom. The molecule has 4 heteroatoms. The Balaban J connectivity index is 2.29. The third-order valence-corrected chi connectivity index (χ3v) is 3.13. The first-order valence-corrected chi connectivity index (χ1v) is 6.79. The van der Waals surface area contributed by atoms with Gasteiger partial charge in [-0.1, -0.05) is 26.7 Å². The molecule has 0 bridgehead atoms. The van der Waals surface area contributed by atoms with Crippen LogP contribution in [-0.4, -0.2) is 17.4 Å². The predicted octanol–water partition coefficient (Wildman–Crippen LogP) is 3.40. The zero-order chi connectivity index (χ0) is 12.7. The highest BCUT2D eigenvalue weighted by molar-refractivity contribution is 9.10. The number of hydrogen-bond acceptors (Lipinski definition) is 2. The number of amides is 1. The number of nitrogens with one attached hydrogen (secondary N) is 1. The van der Waals surface area contributed by atoms with Crippen molar-refractivity contribution >= 4 is 21.8 Å². The van der Waals surface area contributed by atoms with Gasteiger partial charge in [0.15, 0.2) is 0 Å². The summed E-state index contributed by atoms with van der Waals surface area (Å²) in [6.45, 7) is 5.16. The third-order valence-electron chi connectivity index (χ3n) is 2.50. The van der Waals surface area contributed by atoms with Gasteiger partial charge < -0.3 is 5.32 Å². The lowest BCUT2D eigenvalue weighted by molar-refractivity contribution is 0.0951. The summed E-state index contributed by atoms with van der Waals surface area (Å²) in [5, 5.41) is 2.90. The molecule has 0 atom stereocenters. The van der Waals surface area contributed by atoms with Crippen molar-refractivity contribution < 1.29 is 4.79 Å². The number of pyridine rings is 1. The van der Waals surface area contributed by atoms with E-state index in [1.165, 1.54) is 6.42 Å². The van der Waals surface area contributed by atoms with Crippen LogP contribution in [0.5, 0.6) is 0 Å². The molecule has 0 aromatic carbocycles. The lowest BCUT2D eigenvalue weighted by atomic mass is 10.1. The molecule has 1 rings (SSSR count). The van der Waals surface area contributed by atoms with Crippen molar-refractivity contribution in [3.63, 3.8) is 0 Å². The van der Waals surface area contributed by atoms with Crippen LogP contribution in [0.25, 0.3) is 0 Å². The molecule has 3 nitrogen and oxygen atoms in total. The molecule has 0 aliphatic rings. The average Bonchev–Trinajstić information content (AvgIpc) is 2.28. The van der Waals surface area contributed by atoms with Gasteiger partial charge in [0, 0.05) is 12.7 Å². The standard InChI is InChI=1S/C13H19BrN2O/c1-10(2)6-3-4-8-16-13(17)11-7-5-9-15-12(11)14/h5,7,9-10H,3-4,6,8H2,1-2H3,(H,16,17). The van der Waals surface area contributed by atoms with E-state index in [1.54, 1.807) is 18.3 Å². The zero-order valence-electron chi connectivity index (χ0n) is 10.4. The van der Waals surface area contributed by atoms with Crippen molar-refractivity contribution in [2.45, 2.75) is 33.1 Å². The van der Waals surface area contributed by atoms with Crippen molar-refractivity contribution in [1.29, 1.82) is 0 Å². The Kier molecular flexibility index (Phi) is 6.19. The summed E-state index contributed by atoms with van der Waals surface area (Å²) in [5.41, 5.74) is 0.594. The van der Waals surface area contributed by atoms with Crippen molar-refractivity contribution in [3.8, 4) is 0 Å². The molecule has 0 radical (unpaired) electrons. The van der Waals surface area contributed by atoms with Crippen LogP contribution in [0.3, 0.4) is 0 Å². The summed E-state index contributed by atoms with van der Waals surface area (Å²) in [6, 6.07) is 3.53. The van der Waals surface area contributed by atoms with E-state index in [0.717, 1.165) is 25.3 Å². The first-order valence-electron chi connectivity index (χ1n) is 6.00. The molecule has 17 heavy (non-hydrogen) atoms. The van der Waals surface area contributed by atoms with E-state index in [9.17, 15) is 4.79 Å². The molecule has 0 saturated carbocycles. The van der Waals surface area contributed by atoms with E-state index in [1.807, 2.05) is 0 Å². The maximum Gasteiger partial charge on any atom is 0.254 e. The van der Waals surface area contributed by atoms with Crippen LogP contribution < -0.4 is 5.32 Å². The van der Waals surface area contributed by atoms with Gasteiger partial charge in [-0.3, -0.25) is 4.79 Å². The van der Waals surface area contributed by atoms with E-state index >= 15 is 0 Å². The fraction of sp³-hybridized carbons (Fsp3) is 0.538. The molecule has 0 fully saturated rings. The van der Waals surface area contributed by atoms with E-state index in [2.05, 4.69) is 40.1 Å². The number of carbonyl (C=O) groups excluding carboxylic acids is 1. The van der Waals surface area contributed by atoms with Crippen LogP contribution >= 0.6 is 15.9 Å². The van der Waals surface area contributed by atoms with Gasteiger partial charge in [0.1, 0.15) is 4.60 Å². The van der Waals surface area contributed by atoms with Gasteiger partial charge in [0.25, 0.3) is 5.91 Å². The minimum atomic E-state index is -0.0606. The van der Waals surface area contributed by atoms with Gasteiger partial charge in [-0.2, -0.15) is 0 Å². The van der Waals surface area contributed by atoms with Gasteiger partial charge in [-0.15, -0.1) is 0 Å². The Morgan fingerprint density at radius 2 is 2.24 bits per heavy atom. The van der Waals surface area contributed by atoms with E-state index < -0.39 is 0 Å². The van der Waals surface area contributed by atoms with Crippen LogP contribution in [0.1, 0.15) is 43.5 Å². The summed E-state index contributed by atoms with van der Waals surface area (Å²) in [7, 11) is 0. The summed E-state index contributed by atoms with van der Waals surface area (Å²) < 4.78 is 0.597. The molecular formula is C13H19BrN2O. The minimum absolute atomic E-state index is 0.0606. The Labute approximate surface area is 111 Å². The minimum Gasteiger partial charge on any atom is -0.352 e. The number of carbonyl (C=O) groups is 1. The molecule has 0 saturated heterocycles. The number of aromatic nitrogens is 1. The van der Waals surface area contributed by atoms with Crippen molar-refractivity contribution in [2.24, 2.45) is 5.92 Å². The fourth-order valence-electron chi connectivity index (χ4n) is 1.53. The van der Waals surface area contributed by atoms with Crippen LogP contribution in [0.15, 0.2) is 22.9 Å². The van der Waals surface area contributed by atoms with Gasteiger partial charge in [-0.25, -0.2) is 4.98 Å². The quantitative estimate of drug-likeness (QED) is 0.646. The second kappa shape index (κ2) is 7.43. The van der Waals surface area contributed by atoms with Crippen LogP contribution in [0.4, 0.5) is 0 Å². The Bertz CT molecular complexity index is 366. The van der Waals surface area contributed by atoms with Gasteiger partial charge >= 0.3 is 0 Å². The van der Waals surface area contributed by atoms with Crippen LogP contribution in [-0.2, 0) is 0 Å². The molecule has 0 aliphatic carbocycles. The van der Waals surface area contributed by atoms with E-state index in [0.29, 0.717) is 10.2 Å². The van der Waals surface area contributed by atoms with Crippen molar-refractivity contribution in [2.75, 3.05) is 6.54 Å². The Morgan fingerprint density at radius 1 is 1.47 bits per heavy atom. The number of hydrogen-bond donors (Lipinski definition) is 1. The number of rotatable bonds is 6. The SMILES string of the molecule is CC(C)CCCCNC(=O)c1cccnc1Br. The fourth-order valence-corrected chi connectivity index (χ4v) is 1.96. The molecule has 1 amide bonds. The molecular weight excluding hydrogens is 280 g/mol. The first-order chi connectivity index (χ1) is 8.11. The molecule has 94 valence electrons. The topological polar surface area (TPSA) is 42.0 Å². The monoisotopic (exact) mass is 298 g/mol. The lowest BCUT2D eigenvalue weighted by Gasteiger charge is -2.07. The molecule has 1 aromatic heterocycles. The van der Waals surface area contributed by atoms with Gasteiger partial charge in [-0.05, 0) is 40.4 Å². The first kappa shape index (κ1) is 14.2. The average molecular weight is 299 g/mol. The normalized spacial score (nSPS) is 10.6. The summed E-state index contributed by atoms with van der Waals surface area (Å²) >= 11 is 3.27. The molecule has 0 aliphatic heterocycles. The molecule has 1 aromatic rings. The zero-order valence-corrected chi connectivity index (χ0v) is 12.0. The number of nitrogens with zero attached hydrogens (tertiary/aromatic N) is 1. The summed E-state index contributed by atoms with van der Waals surface area (Å²) in [4.78, 5) is 15.8. The Hall–Kier alpha value is -0.900. The van der Waals surface area contributed by atoms with Crippen molar-refractivity contribution in [3.05, 3.63) is 28.5 Å². The summed E-state index contributed by atoms with van der Waals surface area (Å²) in [5.74, 6) is 0.674. The third kappa shape index (κ3) is 5.31. The van der Waals surface area contributed by atoms with Gasteiger partial charge in [0.05, 0.1) is 5.56 Å². The van der Waals surface area contributed by atoms with E-state index in [-0.39, 0.29) is 5.91 Å². The second-order valence-corrected chi connectivity index (χ2v) is 5.24. The highest BCUT2D eigenvalue weighted by Crippen LogP contribution is 2.12. The smallest absolute Gasteiger partial charge is 0.254 e. The van der Waals surface area contributed by atoms with E-state index in [4.69, 9.17) is 0 Å². The largest absolute Gasteiger partial charge is 0.352 e. The molecule has 1 N–H and O–H groups in total. The lowest BCUT2D eigenvalue weighted by Crippen LogP contribution is -2.25. The van der Waals surface area contributed by atoms with Crippen LogP contribution in [0.2, 0.25) is 0 Å².